The second-order valence-electron chi connectivity index (χ2n) is 4.28. The highest BCUT2D eigenvalue weighted by Gasteiger charge is 2.11. The Bertz CT molecular complexity index is 618. The van der Waals surface area contributed by atoms with Crippen LogP contribution in [0.25, 0.3) is 11.4 Å². The Morgan fingerprint density at radius 1 is 1.20 bits per heavy atom. The highest BCUT2D eigenvalue weighted by molar-refractivity contribution is 6.32. The van der Waals surface area contributed by atoms with Gasteiger partial charge >= 0.3 is 0 Å². The van der Waals surface area contributed by atoms with Gasteiger partial charge in [-0.05, 0) is 18.2 Å². The Balaban J connectivity index is 2.53. The number of benzene rings is 1. The van der Waals surface area contributed by atoms with E-state index >= 15 is 0 Å². The molecule has 2 aromatic rings. The summed E-state index contributed by atoms with van der Waals surface area (Å²) >= 11 is 6.03. The molecule has 0 amide bonds. The number of nitrogens with one attached hydrogen (secondary N) is 1. The number of aromatic nitrogens is 3. The fourth-order valence-electron chi connectivity index (χ4n) is 1.60. The van der Waals surface area contributed by atoms with Crippen LogP contribution in [0.2, 0.25) is 5.02 Å². The van der Waals surface area contributed by atoms with Crippen LogP contribution < -0.4 is 15.0 Å². The van der Waals surface area contributed by atoms with E-state index < -0.39 is 0 Å². The molecule has 0 saturated carbocycles. The van der Waals surface area contributed by atoms with E-state index in [9.17, 15) is 0 Å². The van der Waals surface area contributed by atoms with Crippen molar-refractivity contribution in [1.82, 2.24) is 15.0 Å². The molecule has 0 radical (unpaired) electrons. The zero-order chi connectivity index (χ0) is 14.7. The molecule has 20 heavy (non-hydrogen) atoms. The number of hydrogen-bond donors (Lipinski definition) is 1. The van der Waals surface area contributed by atoms with E-state index in [1.807, 2.05) is 25.1 Å². The predicted octanol–water partition coefficient (Wildman–Crippen LogP) is 2.31. The number of halogens is 1. The lowest BCUT2D eigenvalue weighted by Gasteiger charge is -2.13. The number of anilines is 2. The molecular formula is C13H16ClN5O. The highest BCUT2D eigenvalue weighted by atomic mass is 35.5. The van der Waals surface area contributed by atoms with Gasteiger partial charge in [-0.15, -0.1) is 0 Å². The molecule has 0 unspecified atom stereocenters. The molecule has 0 saturated heterocycles. The van der Waals surface area contributed by atoms with Gasteiger partial charge in [-0.2, -0.15) is 15.0 Å². The molecule has 0 atom stereocenters. The standard InChI is InChI=1S/C13H16ClN5O/c1-15-12-16-11(17-13(18-12)19(2)3)8-5-6-9(14)10(7-8)20-4/h5-7H,1-4H3,(H,15,16,17,18). The summed E-state index contributed by atoms with van der Waals surface area (Å²) in [6.07, 6.45) is 0. The molecule has 1 aromatic carbocycles. The van der Waals surface area contributed by atoms with Crippen molar-refractivity contribution in [3.05, 3.63) is 23.2 Å². The number of nitrogens with zero attached hydrogens (tertiary/aromatic N) is 4. The Morgan fingerprint density at radius 2 is 1.95 bits per heavy atom. The third kappa shape index (κ3) is 2.91. The molecule has 106 valence electrons. The lowest BCUT2D eigenvalue weighted by atomic mass is 10.2. The third-order valence-electron chi connectivity index (χ3n) is 2.66. The summed E-state index contributed by atoms with van der Waals surface area (Å²) in [5.74, 6) is 2.23. The molecule has 0 aliphatic heterocycles. The molecule has 0 bridgehead atoms. The van der Waals surface area contributed by atoms with Gasteiger partial charge < -0.3 is 15.0 Å². The third-order valence-corrected chi connectivity index (χ3v) is 2.97. The van der Waals surface area contributed by atoms with Gasteiger partial charge in [-0.1, -0.05) is 11.6 Å². The zero-order valence-electron chi connectivity index (χ0n) is 11.8. The smallest absolute Gasteiger partial charge is 0.230 e. The van der Waals surface area contributed by atoms with Crippen LogP contribution in [0.3, 0.4) is 0 Å². The van der Waals surface area contributed by atoms with Crippen LogP contribution in [-0.4, -0.2) is 43.2 Å². The topological polar surface area (TPSA) is 63.2 Å². The molecule has 0 spiro atoms. The maximum absolute atomic E-state index is 6.03. The second-order valence-corrected chi connectivity index (χ2v) is 4.68. The lowest BCUT2D eigenvalue weighted by molar-refractivity contribution is 0.415. The fraction of sp³-hybridized carbons (Fsp3) is 0.308. The van der Waals surface area contributed by atoms with Gasteiger partial charge in [0.2, 0.25) is 11.9 Å². The minimum Gasteiger partial charge on any atom is -0.495 e. The Kier molecular flexibility index (Phi) is 4.24. The van der Waals surface area contributed by atoms with Crippen LogP contribution in [-0.2, 0) is 0 Å². The Morgan fingerprint density at radius 3 is 2.55 bits per heavy atom. The first-order chi connectivity index (χ1) is 9.55. The first-order valence-electron chi connectivity index (χ1n) is 6.00. The molecule has 1 heterocycles. The fourth-order valence-corrected chi connectivity index (χ4v) is 1.80. The maximum Gasteiger partial charge on any atom is 0.230 e. The largest absolute Gasteiger partial charge is 0.495 e. The summed E-state index contributed by atoms with van der Waals surface area (Å²) in [5.41, 5.74) is 0.813. The predicted molar refractivity (Wildman–Crippen MR) is 80.7 cm³/mol. The van der Waals surface area contributed by atoms with Crippen molar-refractivity contribution in [2.24, 2.45) is 0 Å². The average Bonchev–Trinajstić information content (AvgIpc) is 2.47. The normalized spacial score (nSPS) is 10.2. The second kappa shape index (κ2) is 5.92. The zero-order valence-corrected chi connectivity index (χ0v) is 12.6. The van der Waals surface area contributed by atoms with Crippen molar-refractivity contribution < 1.29 is 4.74 Å². The maximum atomic E-state index is 6.03. The van der Waals surface area contributed by atoms with Crippen LogP contribution >= 0.6 is 11.6 Å². The Labute approximate surface area is 122 Å². The Hall–Kier alpha value is -2.08. The summed E-state index contributed by atoms with van der Waals surface area (Å²) in [6, 6.07) is 5.41. The average molecular weight is 294 g/mol. The van der Waals surface area contributed by atoms with Crippen molar-refractivity contribution in [3.63, 3.8) is 0 Å². The number of ether oxygens (including phenoxy) is 1. The van der Waals surface area contributed by atoms with E-state index in [1.54, 1.807) is 26.3 Å². The summed E-state index contributed by atoms with van der Waals surface area (Å²) in [4.78, 5) is 14.9. The molecule has 7 heteroatoms. The van der Waals surface area contributed by atoms with E-state index in [2.05, 4.69) is 20.3 Å². The first-order valence-corrected chi connectivity index (χ1v) is 6.38. The van der Waals surface area contributed by atoms with Gasteiger partial charge in [-0.3, -0.25) is 0 Å². The minimum absolute atomic E-state index is 0.507. The van der Waals surface area contributed by atoms with E-state index in [1.165, 1.54) is 0 Å². The number of hydrogen-bond acceptors (Lipinski definition) is 6. The highest BCUT2D eigenvalue weighted by Crippen LogP contribution is 2.29. The van der Waals surface area contributed by atoms with Crippen molar-refractivity contribution in [1.29, 1.82) is 0 Å². The van der Waals surface area contributed by atoms with Gasteiger partial charge in [0.15, 0.2) is 5.82 Å². The molecule has 2 rings (SSSR count). The van der Waals surface area contributed by atoms with Gasteiger partial charge in [-0.25, -0.2) is 0 Å². The number of methoxy groups -OCH3 is 1. The van der Waals surface area contributed by atoms with Crippen LogP contribution in [0.4, 0.5) is 11.9 Å². The van der Waals surface area contributed by atoms with E-state index in [0.717, 1.165) is 5.56 Å². The summed E-state index contributed by atoms with van der Waals surface area (Å²) in [5, 5.41) is 3.47. The quantitative estimate of drug-likeness (QED) is 0.933. The monoisotopic (exact) mass is 293 g/mol. The molecule has 6 nitrogen and oxygen atoms in total. The summed E-state index contributed by atoms with van der Waals surface area (Å²) in [6.45, 7) is 0. The van der Waals surface area contributed by atoms with Crippen LogP contribution in [0.15, 0.2) is 18.2 Å². The van der Waals surface area contributed by atoms with Crippen molar-refractivity contribution in [3.8, 4) is 17.1 Å². The summed E-state index contributed by atoms with van der Waals surface area (Å²) in [7, 11) is 7.09. The molecule has 0 fully saturated rings. The van der Waals surface area contributed by atoms with Crippen LogP contribution in [0.1, 0.15) is 0 Å². The van der Waals surface area contributed by atoms with Crippen LogP contribution in [0, 0.1) is 0 Å². The van der Waals surface area contributed by atoms with Crippen LogP contribution in [0.5, 0.6) is 5.75 Å². The van der Waals surface area contributed by atoms with Crippen molar-refractivity contribution in [2.75, 3.05) is 38.5 Å². The lowest BCUT2D eigenvalue weighted by Crippen LogP contribution is -2.15. The van der Waals surface area contributed by atoms with Crippen molar-refractivity contribution >= 4 is 23.5 Å². The molecule has 1 aromatic heterocycles. The summed E-state index contributed by atoms with van der Waals surface area (Å²) < 4.78 is 5.21. The first kappa shape index (κ1) is 14.3. The van der Waals surface area contributed by atoms with Gasteiger partial charge in [0.25, 0.3) is 0 Å². The van der Waals surface area contributed by atoms with Gasteiger partial charge in [0, 0.05) is 26.7 Å². The molecule has 0 aliphatic rings. The van der Waals surface area contributed by atoms with Gasteiger partial charge in [0.1, 0.15) is 5.75 Å². The SMILES string of the molecule is CNc1nc(-c2ccc(Cl)c(OC)c2)nc(N(C)C)n1. The molecule has 1 N–H and O–H groups in total. The van der Waals surface area contributed by atoms with E-state index in [-0.39, 0.29) is 0 Å². The number of rotatable bonds is 4. The minimum atomic E-state index is 0.507. The van der Waals surface area contributed by atoms with E-state index in [0.29, 0.717) is 28.5 Å². The molecular weight excluding hydrogens is 278 g/mol. The molecule has 0 aliphatic carbocycles. The van der Waals surface area contributed by atoms with Gasteiger partial charge in [0.05, 0.1) is 12.1 Å². The van der Waals surface area contributed by atoms with Crippen molar-refractivity contribution in [2.45, 2.75) is 0 Å². The van der Waals surface area contributed by atoms with E-state index in [4.69, 9.17) is 16.3 Å².